The van der Waals surface area contributed by atoms with Gasteiger partial charge in [-0.05, 0) is 35.4 Å². The quantitative estimate of drug-likeness (QED) is 0.192. The highest BCUT2D eigenvalue weighted by atomic mass is 16.5. The summed E-state index contributed by atoms with van der Waals surface area (Å²) >= 11 is 0. The van der Waals surface area contributed by atoms with E-state index in [1.807, 2.05) is 0 Å². The maximum atomic E-state index is 12.9. The number of carbonyl (C=O) groups excluding carboxylic acids is 2. The molecule has 4 aromatic rings. The lowest BCUT2D eigenvalue weighted by atomic mass is 9.90. The summed E-state index contributed by atoms with van der Waals surface area (Å²) in [6, 6.07) is 12.8. The van der Waals surface area contributed by atoms with Crippen molar-refractivity contribution in [2.24, 2.45) is 0 Å². The monoisotopic (exact) mass is 558 g/mol. The van der Waals surface area contributed by atoms with Gasteiger partial charge >= 0.3 is 0 Å². The number of benzene rings is 4. The van der Waals surface area contributed by atoms with Crippen molar-refractivity contribution in [2.45, 2.75) is 24.7 Å². The number of aliphatic hydroxyl groups is 1. The topological polar surface area (TPSA) is 194 Å². The molecule has 0 saturated carbocycles. The maximum Gasteiger partial charge on any atom is 0.202 e. The number of ether oxygens (including phenoxy) is 2. The Morgan fingerprint density at radius 2 is 1.15 bits per heavy atom. The summed E-state index contributed by atoms with van der Waals surface area (Å²) in [4.78, 5) is 25.6. The van der Waals surface area contributed by atoms with Crippen LogP contribution in [0.2, 0.25) is 0 Å². The van der Waals surface area contributed by atoms with Gasteiger partial charge in [-0.25, -0.2) is 0 Å². The Hall–Kier alpha value is -5.42. The molecule has 0 bridgehead atoms. The fourth-order valence-corrected chi connectivity index (χ4v) is 5.19. The molecule has 208 valence electrons. The smallest absolute Gasteiger partial charge is 0.202 e. The fraction of sp³-hybridized carbons (Fsp3) is 0.133. The lowest BCUT2D eigenvalue weighted by Gasteiger charge is -2.30. The third kappa shape index (κ3) is 4.28. The molecule has 11 heteroatoms. The van der Waals surface area contributed by atoms with Crippen LogP contribution in [-0.2, 0) is 0 Å². The Kier molecular flexibility index (Phi) is 5.89. The Morgan fingerprint density at radius 3 is 1.78 bits per heavy atom. The van der Waals surface area contributed by atoms with E-state index in [9.17, 15) is 45.3 Å². The third-order valence-electron chi connectivity index (χ3n) is 7.14. The first-order valence-electron chi connectivity index (χ1n) is 12.4. The molecule has 0 spiro atoms. The average molecular weight is 558 g/mol. The number of aromatic hydroxyl groups is 6. The van der Waals surface area contributed by atoms with E-state index in [0.717, 1.165) is 18.2 Å². The molecular weight excluding hydrogens is 536 g/mol. The van der Waals surface area contributed by atoms with Gasteiger partial charge in [0.05, 0.1) is 6.42 Å². The zero-order valence-electron chi connectivity index (χ0n) is 21.0. The second-order valence-corrected chi connectivity index (χ2v) is 9.81. The van der Waals surface area contributed by atoms with Crippen molar-refractivity contribution >= 4 is 11.6 Å². The molecule has 3 atom stereocenters. The lowest BCUT2D eigenvalue weighted by molar-refractivity contribution is 0.0211. The normalized spacial score (nSPS) is 19.6. The minimum absolute atomic E-state index is 0.00586. The van der Waals surface area contributed by atoms with Gasteiger partial charge in [0.2, 0.25) is 5.78 Å². The van der Waals surface area contributed by atoms with Gasteiger partial charge in [-0.3, -0.25) is 9.59 Å². The van der Waals surface area contributed by atoms with Crippen LogP contribution in [0.4, 0.5) is 0 Å². The van der Waals surface area contributed by atoms with E-state index >= 15 is 0 Å². The number of hydrogen-bond donors (Lipinski definition) is 7. The standard InChI is InChI=1S/C30H22O11/c31-14-7-20(35)26-22(37)11-23(40-24(26)9-14)12-1-3-18(33)16(5-12)17-6-13(2-4-19(17)34)30-29(39)28(38)27-21(36)8-15(32)10-25(27)41-30/h1-10,23,29-36,39H,11H2. The lowest BCUT2D eigenvalue weighted by Crippen LogP contribution is -2.36. The summed E-state index contributed by atoms with van der Waals surface area (Å²) in [7, 11) is 0. The molecule has 3 unspecified atom stereocenters. The Labute approximate surface area is 231 Å². The highest BCUT2D eigenvalue weighted by molar-refractivity contribution is 6.05. The molecule has 41 heavy (non-hydrogen) atoms. The Bertz CT molecular complexity index is 1760. The van der Waals surface area contributed by atoms with Gasteiger partial charge < -0.3 is 45.2 Å². The van der Waals surface area contributed by atoms with Crippen LogP contribution in [0.1, 0.15) is 50.5 Å². The number of fused-ring (bicyclic) bond motifs is 2. The summed E-state index contributed by atoms with van der Waals surface area (Å²) in [5, 5.41) is 72.0. The largest absolute Gasteiger partial charge is 0.508 e. The van der Waals surface area contributed by atoms with Gasteiger partial charge in [0.15, 0.2) is 18.0 Å². The van der Waals surface area contributed by atoms with E-state index in [1.165, 1.54) is 42.5 Å². The van der Waals surface area contributed by atoms with E-state index in [-0.39, 0.29) is 68.7 Å². The number of carbonyl (C=O) groups is 2. The summed E-state index contributed by atoms with van der Waals surface area (Å²) in [6.07, 6.45) is -4.01. The number of aliphatic hydroxyl groups excluding tert-OH is 1. The Balaban J connectivity index is 1.37. The van der Waals surface area contributed by atoms with Crippen molar-refractivity contribution in [3.8, 4) is 57.1 Å². The highest BCUT2D eigenvalue weighted by Crippen LogP contribution is 2.46. The molecule has 0 radical (unpaired) electrons. The average Bonchev–Trinajstić information content (AvgIpc) is 2.90. The molecule has 2 aliphatic heterocycles. The number of Topliss-reactive ketones (excluding diaryl/α,β-unsaturated/α-hetero) is 2. The van der Waals surface area contributed by atoms with Crippen LogP contribution >= 0.6 is 0 Å². The minimum atomic E-state index is -1.73. The van der Waals surface area contributed by atoms with E-state index in [0.29, 0.717) is 5.56 Å². The predicted molar refractivity (Wildman–Crippen MR) is 141 cm³/mol. The molecule has 0 aromatic heterocycles. The first-order valence-corrected chi connectivity index (χ1v) is 12.4. The summed E-state index contributed by atoms with van der Waals surface area (Å²) < 4.78 is 11.7. The summed E-state index contributed by atoms with van der Waals surface area (Å²) in [5.74, 6) is -3.48. The minimum Gasteiger partial charge on any atom is -0.508 e. The predicted octanol–water partition coefficient (Wildman–Crippen LogP) is 3.97. The highest BCUT2D eigenvalue weighted by Gasteiger charge is 2.39. The van der Waals surface area contributed by atoms with Crippen molar-refractivity contribution in [3.63, 3.8) is 0 Å². The van der Waals surface area contributed by atoms with Gasteiger partial charge in [0.1, 0.15) is 63.2 Å². The van der Waals surface area contributed by atoms with Gasteiger partial charge in [-0.2, -0.15) is 0 Å². The first-order chi connectivity index (χ1) is 19.5. The molecule has 4 aromatic carbocycles. The molecule has 0 aliphatic carbocycles. The molecule has 0 fully saturated rings. The van der Waals surface area contributed by atoms with Gasteiger partial charge in [0, 0.05) is 35.4 Å². The van der Waals surface area contributed by atoms with Crippen molar-refractivity contribution in [1.29, 1.82) is 0 Å². The number of hydrogen-bond acceptors (Lipinski definition) is 11. The van der Waals surface area contributed by atoms with E-state index in [2.05, 4.69) is 0 Å². The van der Waals surface area contributed by atoms with E-state index in [4.69, 9.17) is 9.47 Å². The van der Waals surface area contributed by atoms with Crippen LogP contribution in [-0.4, -0.2) is 53.4 Å². The molecule has 0 amide bonds. The molecular formula is C30H22O11. The SMILES string of the molecule is O=C1CC(c2ccc(O)c(-c3cc(C4Oc5cc(O)cc(O)c5C(=O)C4O)ccc3O)c2)Oc2cc(O)cc(O)c21. The van der Waals surface area contributed by atoms with Crippen LogP contribution in [0, 0.1) is 0 Å². The molecule has 7 N–H and O–H groups in total. The fourth-order valence-electron chi connectivity index (χ4n) is 5.19. The van der Waals surface area contributed by atoms with Crippen molar-refractivity contribution in [1.82, 2.24) is 0 Å². The van der Waals surface area contributed by atoms with E-state index < -0.39 is 41.4 Å². The second kappa shape index (κ2) is 9.35. The van der Waals surface area contributed by atoms with Crippen LogP contribution in [0.15, 0.2) is 60.7 Å². The Morgan fingerprint density at radius 1 is 0.610 bits per heavy atom. The van der Waals surface area contributed by atoms with Crippen molar-refractivity contribution in [3.05, 3.63) is 82.9 Å². The third-order valence-corrected chi connectivity index (χ3v) is 7.14. The number of ketones is 2. The second-order valence-electron chi connectivity index (χ2n) is 9.81. The van der Waals surface area contributed by atoms with Crippen LogP contribution in [0.5, 0.6) is 46.0 Å². The van der Waals surface area contributed by atoms with Crippen molar-refractivity contribution in [2.75, 3.05) is 0 Å². The van der Waals surface area contributed by atoms with Crippen LogP contribution in [0.25, 0.3) is 11.1 Å². The van der Waals surface area contributed by atoms with Gasteiger partial charge in [-0.15, -0.1) is 0 Å². The van der Waals surface area contributed by atoms with Crippen LogP contribution < -0.4 is 9.47 Å². The molecule has 6 rings (SSSR count). The molecule has 2 heterocycles. The number of rotatable bonds is 3. The van der Waals surface area contributed by atoms with Crippen molar-refractivity contribution < 1.29 is 54.8 Å². The maximum absolute atomic E-state index is 12.9. The molecule has 0 saturated heterocycles. The summed E-state index contributed by atoms with van der Waals surface area (Å²) in [6.45, 7) is 0. The zero-order valence-corrected chi connectivity index (χ0v) is 21.0. The van der Waals surface area contributed by atoms with Gasteiger partial charge in [-0.1, -0.05) is 12.1 Å². The first kappa shape index (κ1) is 25.8. The number of phenols is 6. The van der Waals surface area contributed by atoms with E-state index in [1.54, 1.807) is 0 Å². The molecule has 11 nitrogen and oxygen atoms in total. The van der Waals surface area contributed by atoms with Gasteiger partial charge in [0.25, 0.3) is 0 Å². The molecule has 2 aliphatic rings. The van der Waals surface area contributed by atoms with Crippen LogP contribution in [0.3, 0.4) is 0 Å². The zero-order chi connectivity index (χ0) is 29.2. The summed E-state index contributed by atoms with van der Waals surface area (Å²) in [5.41, 5.74) is 0.588. The number of phenolic OH excluding ortho intramolecular Hbond substituents is 6.